The van der Waals surface area contributed by atoms with Crippen molar-refractivity contribution in [2.75, 3.05) is 13.1 Å². The number of carbonyl (C=O) groups is 3. The zero-order chi connectivity index (χ0) is 19.4. The standard InChI is InChI=1S/C19H21N5O3/c1-13-6-10-24-15(11-13)23-16(25)12-19(24,2)18(27)22-9-8-21-17(26)14-5-3-4-7-20-14/h3-7,10-11H,8-9,12H2,1-2H3,(H,21,26)(H,22,27)/t19-/m0/s1. The molecule has 0 aliphatic carbocycles. The van der Waals surface area contributed by atoms with E-state index in [4.69, 9.17) is 0 Å². The lowest BCUT2D eigenvalue weighted by Gasteiger charge is -2.42. The van der Waals surface area contributed by atoms with Crippen molar-refractivity contribution in [3.8, 4) is 0 Å². The van der Waals surface area contributed by atoms with Crippen LogP contribution in [0.5, 0.6) is 0 Å². The third-order valence-corrected chi connectivity index (χ3v) is 4.44. The van der Waals surface area contributed by atoms with Gasteiger partial charge in [-0.2, -0.15) is 4.99 Å². The zero-order valence-corrected chi connectivity index (χ0v) is 15.2. The Morgan fingerprint density at radius 1 is 1.26 bits per heavy atom. The number of amides is 3. The number of allylic oxidation sites excluding steroid dienone is 2. The highest BCUT2D eigenvalue weighted by molar-refractivity contribution is 6.09. The highest BCUT2D eigenvalue weighted by atomic mass is 16.2. The lowest BCUT2D eigenvalue weighted by Crippen LogP contribution is -2.60. The average molecular weight is 367 g/mol. The topological polar surface area (TPSA) is 104 Å². The minimum absolute atomic E-state index is 0.0140. The van der Waals surface area contributed by atoms with E-state index in [2.05, 4.69) is 20.6 Å². The zero-order valence-electron chi connectivity index (χ0n) is 15.2. The first-order valence-electron chi connectivity index (χ1n) is 8.65. The van der Waals surface area contributed by atoms with Crippen LogP contribution in [0.4, 0.5) is 0 Å². The number of aliphatic imine (C=N–C) groups is 1. The molecule has 0 unspecified atom stereocenters. The molecule has 8 heteroatoms. The summed E-state index contributed by atoms with van der Waals surface area (Å²) in [4.78, 5) is 46.4. The van der Waals surface area contributed by atoms with E-state index < -0.39 is 5.54 Å². The van der Waals surface area contributed by atoms with Crippen LogP contribution < -0.4 is 10.6 Å². The number of nitrogens with zero attached hydrogens (tertiary/aromatic N) is 3. The second kappa shape index (κ2) is 7.53. The Morgan fingerprint density at radius 3 is 2.78 bits per heavy atom. The summed E-state index contributed by atoms with van der Waals surface area (Å²) in [6, 6.07) is 5.07. The van der Waals surface area contributed by atoms with Crippen molar-refractivity contribution in [3.63, 3.8) is 0 Å². The molecule has 0 spiro atoms. The van der Waals surface area contributed by atoms with E-state index in [-0.39, 0.29) is 37.2 Å². The quantitative estimate of drug-likeness (QED) is 0.749. The van der Waals surface area contributed by atoms with Gasteiger partial charge < -0.3 is 15.5 Å². The van der Waals surface area contributed by atoms with Crippen molar-refractivity contribution in [1.29, 1.82) is 0 Å². The van der Waals surface area contributed by atoms with Gasteiger partial charge in [0.2, 0.25) is 5.91 Å². The van der Waals surface area contributed by atoms with Crippen LogP contribution in [0.25, 0.3) is 0 Å². The summed E-state index contributed by atoms with van der Waals surface area (Å²) >= 11 is 0. The lowest BCUT2D eigenvalue weighted by molar-refractivity contribution is -0.134. The van der Waals surface area contributed by atoms with Crippen LogP contribution >= 0.6 is 0 Å². The molecule has 0 fully saturated rings. The Labute approximate surface area is 157 Å². The molecule has 3 heterocycles. The van der Waals surface area contributed by atoms with Crippen LogP contribution in [0, 0.1) is 0 Å². The second-order valence-corrected chi connectivity index (χ2v) is 6.62. The summed E-state index contributed by atoms with van der Waals surface area (Å²) in [5.74, 6) is -0.472. The number of fused-ring (bicyclic) bond motifs is 1. The van der Waals surface area contributed by atoms with E-state index in [0.717, 1.165) is 5.57 Å². The number of hydrogen-bond acceptors (Lipinski definition) is 5. The Kier molecular flexibility index (Phi) is 5.16. The molecule has 1 aromatic heterocycles. The average Bonchev–Trinajstić information content (AvgIpc) is 2.64. The molecule has 27 heavy (non-hydrogen) atoms. The molecule has 8 nitrogen and oxygen atoms in total. The van der Waals surface area contributed by atoms with Gasteiger partial charge in [-0.1, -0.05) is 6.07 Å². The fourth-order valence-corrected chi connectivity index (χ4v) is 2.96. The van der Waals surface area contributed by atoms with Gasteiger partial charge in [-0.15, -0.1) is 0 Å². The summed E-state index contributed by atoms with van der Waals surface area (Å²) in [5, 5.41) is 5.48. The number of carbonyl (C=O) groups excluding carboxylic acids is 3. The minimum atomic E-state index is -1.06. The first kappa shape index (κ1) is 18.5. The summed E-state index contributed by atoms with van der Waals surface area (Å²) in [6.07, 6.45) is 6.94. The third-order valence-electron chi connectivity index (χ3n) is 4.44. The van der Waals surface area contributed by atoms with Crippen molar-refractivity contribution < 1.29 is 14.4 Å². The minimum Gasteiger partial charge on any atom is -0.352 e. The lowest BCUT2D eigenvalue weighted by atomic mass is 9.90. The van der Waals surface area contributed by atoms with Crippen LogP contribution in [0.2, 0.25) is 0 Å². The van der Waals surface area contributed by atoms with Crippen LogP contribution in [0.3, 0.4) is 0 Å². The smallest absolute Gasteiger partial charge is 0.269 e. The van der Waals surface area contributed by atoms with E-state index in [1.54, 1.807) is 48.5 Å². The molecule has 2 N–H and O–H groups in total. The van der Waals surface area contributed by atoms with Crippen molar-refractivity contribution >= 4 is 23.6 Å². The maximum atomic E-state index is 12.8. The molecular formula is C19H21N5O3. The first-order chi connectivity index (χ1) is 12.9. The summed E-state index contributed by atoms with van der Waals surface area (Å²) in [6.45, 7) is 4.10. The molecule has 0 saturated heterocycles. The van der Waals surface area contributed by atoms with Gasteiger partial charge in [0.15, 0.2) is 0 Å². The Hall–Kier alpha value is -3.29. The van der Waals surface area contributed by atoms with Gasteiger partial charge in [0.05, 0.1) is 6.42 Å². The number of amidine groups is 1. The first-order valence-corrected chi connectivity index (χ1v) is 8.65. The van der Waals surface area contributed by atoms with E-state index in [1.165, 1.54) is 0 Å². The molecule has 3 amide bonds. The fraction of sp³-hybridized carbons (Fsp3) is 0.316. The number of aromatic nitrogens is 1. The number of nitrogens with one attached hydrogen (secondary N) is 2. The van der Waals surface area contributed by atoms with Crippen molar-refractivity contribution in [2.24, 2.45) is 4.99 Å². The molecule has 140 valence electrons. The van der Waals surface area contributed by atoms with Crippen LogP contribution in [0.1, 0.15) is 30.8 Å². The van der Waals surface area contributed by atoms with Crippen LogP contribution in [0.15, 0.2) is 53.3 Å². The molecule has 0 saturated carbocycles. The van der Waals surface area contributed by atoms with E-state index in [9.17, 15) is 14.4 Å². The largest absolute Gasteiger partial charge is 0.352 e. The highest BCUT2D eigenvalue weighted by Crippen LogP contribution is 2.29. The van der Waals surface area contributed by atoms with Crippen molar-refractivity contribution in [2.45, 2.75) is 25.8 Å². The Balaban J connectivity index is 1.58. The molecule has 0 aromatic carbocycles. The molecule has 0 bridgehead atoms. The Morgan fingerprint density at radius 2 is 2.04 bits per heavy atom. The molecule has 3 rings (SSSR count). The van der Waals surface area contributed by atoms with Gasteiger partial charge in [0.1, 0.15) is 17.1 Å². The number of hydrogen-bond donors (Lipinski definition) is 2. The van der Waals surface area contributed by atoms with Gasteiger partial charge >= 0.3 is 0 Å². The van der Waals surface area contributed by atoms with E-state index in [1.807, 2.05) is 13.0 Å². The van der Waals surface area contributed by atoms with Gasteiger partial charge in [0, 0.05) is 25.5 Å². The molecular weight excluding hydrogens is 346 g/mol. The third kappa shape index (κ3) is 3.94. The van der Waals surface area contributed by atoms with Gasteiger partial charge in [-0.05, 0) is 43.7 Å². The molecule has 1 atom stereocenters. The van der Waals surface area contributed by atoms with Crippen LogP contribution in [-0.2, 0) is 9.59 Å². The number of pyridine rings is 1. The fourth-order valence-electron chi connectivity index (χ4n) is 2.96. The maximum Gasteiger partial charge on any atom is 0.269 e. The summed E-state index contributed by atoms with van der Waals surface area (Å²) in [7, 11) is 0. The predicted molar refractivity (Wildman–Crippen MR) is 99.8 cm³/mol. The summed E-state index contributed by atoms with van der Waals surface area (Å²) < 4.78 is 0. The van der Waals surface area contributed by atoms with Crippen molar-refractivity contribution in [1.82, 2.24) is 20.5 Å². The summed E-state index contributed by atoms with van der Waals surface area (Å²) in [5.41, 5.74) is 0.210. The Bertz CT molecular complexity index is 859. The highest BCUT2D eigenvalue weighted by Gasteiger charge is 2.45. The second-order valence-electron chi connectivity index (χ2n) is 6.62. The molecule has 1 aromatic rings. The normalized spacial score (nSPS) is 21.1. The SMILES string of the molecule is CC1=CC2=NC(=O)C[C@@](C)(C(=O)NCCNC(=O)c3ccccn3)N2C=C1. The number of rotatable bonds is 5. The predicted octanol–water partition coefficient (Wildman–Crippen LogP) is 0.791. The van der Waals surface area contributed by atoms with Gasteiger partial charge in [0.25, 0.3) is 11.8 Å². The monoisotopic (exact) mass is 367 g/mol. The van der Waals surface area contributed by atoms with Gasteiger partial charge in [-0.25, -0.2) is 0 Å². The van der Waals surface area contributed by atoms with Crippen molar-refractivity contribution in [3.05, 3.63) is 54.0 Å². The van der Waals surface area contributed by atoms with E-state index >= 15 is 0 Å². The maximum absolute atomic E-state index is 12.8. The van der Waals surface area contributed by atoms with Gasteiger partial charge in [-0.3, -0.25) is 19.4 Å². The molecule has 2 aliphatic rings. The molecule has 0 radical (unpaired) electrons. The van der Waals surface area contributed by atoms with Crippen LogP contribution in [-0.4, -0.2) is 52.1 Å². The molecule has 2 aliphatic heterocycles. The van der Waals surface area contributed by atoms with E-state index in [0.29, 0.717) is 11.5 Å².